The summed E-state index contributed by atoms with van der Waals surface area (Å²) in [6.07, 6.45) is 1.45. The highest BCUT2D eigenvalue weighted by Gasteiger charge is 2.24. The summed E-state index contributed by atoms with van der Waals surface area (Å²) in [7, 11) is -3.53. The van der Waals surface area contributed by atoms with Gasteiger partial charge in [0.05, 0.1) is 4.90 Å². The van der Waals surface area contributed by atoms with Crippen LogP contribution in [-0.2, 0) is 23.0 Å². The van der Waals surface area contributed by atoms with E-state index >= 15 is 0 Å². The number of benzene rings is 2. The summed E-state index contributed by atoms with van der Waals surface area (Å²) in [4.78, 5) is 0.352. The van der Waals surface area contributed by atoms with Gasteiger partial charge in [0, 0.05) is 13.1 Å². The van der Waals surface area contributed by atoms with Crippen molar-refractivity contribution in [1.82, 2.24) is 4.31 Å². The van der Waals surface area contributed by atoms with Crippen molar-refractivity contribution in [3.63, 3.8) is 0 Å². The van der Waals surface area contributed by atoms with Crippen molar-refractivity contribution < 1.29 is 8.42 Å². The molecule has 0 amide bonds. The Morgan fingerprint density at radius 3 is 2.35 bits per heavy atom. The van der Waals surface area contributed by atoms with Crippen LogP contribution in [0.2, 0.25) is 0 Å². The summed E-state index contributed by atoms with van der Waals surface area (Å²) < 4.78 is 27.5. The lowest BCUT2D eigenvalue weighted by Crippen LogP contribution is -2.32. The van der Waals surface area contributed by atoms with Gasteiger partial charge in [0.1, 0.15) is 0 Å². The van der Waals surface area contributed by atoms with Crippen LogP contribution in [0.3, 0.4) is 0 Å². The minimum absolute atomic E-state index is 0.352. The molecule has 0 unspecified atom stereocenters. The van der Waals surface area contributed by atoms with E-state index in [-0.39, 0.29) is 0 Å². The highest BCUT2D eigenvalue weighted by Crippen LogP contribution is 2.20. The lowest BCUT2D eigenvalue weighted by Gasteiger charge is -2.22. The number of nitrogens with two attached hydrogens (primary N) is 1. The zero-order valence-corrected chi connectivity index (χ0v) is 14.3. The summed E-state index contributed by atoms with van der Waals surface area (Å²) in [6.45, 7) is 3.27. The second-order valence-electron chi connectivity index (χ2n) is 5.47. The van der Waals surface area contributed by atoms with Crippen molar-refractivity contribution in [2.75, 3.05) is 13.1 Å². The molecule has 0 spiro atoms. The molecule has 0 aromatic heterocycles. The molecule has 0 atom stereocenters. The fourth-order valence-electron chi connectivity index (χ4n) is 2.41. The van der Waals surface area contributed by atoms with E-state index < -0.39 is 10.0 Å². The first-order valence-electron chi connectivity index (χ1n) is 7.91. The molecule has 2 N–H and O–H groups in total. The van der Waals surface area contributed by atoms with Crippen LogP contribution in [0.1, 0.15) is 24.5 Å². The van der Waals surface area contributed by atoms with Crippen LogP contribution in [0.25, 0.3) is 0 Å². The highest BCUT2D eigenvalue weighted by molar-refractivity contribution is 7.89. The summed E-state index contributed by atoms with van der Waals surface area (Å²) in [5, 5.41) is 0. The highest BCUT2D eigenvalue weighted by atomic mass is 32.2. The van der Waals surface area contributed by atoms with Crippen LogP contribution in [0.15, 0.2) is 59.5 Å². The Hall–Kier alpha value is -1.69. The molecule has 2 aromatic rings. The fourth-order valence-corrected chi connectivity index (χ4v) is 3.95. The Labute approximate surface area is 139 Å². The van der Waals surface area contributed by atoms with Gasteiger partial charge >= 0.3 is 0 Å². The second kappa shape index (κ2) is 8.24. The van der Waals surface area contributed by atoms with Gasteiger partial charge in [-0.05, 0) is 42.6 Å². The van der Waals surface area contributed by atoms with E-state index in [1.807, 2.05) is 43.3 Å². The molecule has 2 rings (SSSR count). The largest absolute Gasteiger partial charge is 0.330 e. The molecule has 0 aliphatic heterocycles. The first-order chi connectivity index (χ1) is 11.1. The van der Waals surface area contributed by atoms with Gasteiger partial charge in [-0.2, -0.15) is 4.31 Å². The fraction of sp³-hybridized carbons (Fsp3) is 0.333. The number of aryl methyl sites for hydroxylation is 1. The third-order valence-corrected chi connectivity index (χ3v) is 5.60. The maximum absolute atomic E-state index is 13.0. The molecule has 23 heavy (non-hydrogen) atoms. The normalized spacial score (nSPS) is 11.8. The molecular weight excluding hydrogens is 308 g/mol. The quantitative estimate of drug-likeness (QED) is 0.808. The molecule has 0 heterocycles. The maximum Gasteiger partial charge on any atom is 0.243 e. The number of nitrogens with zero attached hydrogens (tertiary/aromatic N) is 1. The lowest BCUT2D eigenvalue weighted by molar-refractivity contribution is 0.401. The Morgan fingerprint density at radius 1 is 1.00 bits per heavy atom. The van der Waals surface area contributed by atoms with Gasteiger partial charge in [0.15, 0.2) is 0 Å². The predicted molar refractivity (Wildman–Crippen MR) is 93.5 cm³/mol. The van der Waals surface area contributed by atoms with Crippen LogP contribution in [0.5, 0.6) is 0 Å². The monoisotopic (exact) mass is 332 g/mol. The second-order valence-corrected chi connectivity index (χ2v) is 7.41. The van der Waals surface area contributed by atoms with Gasteiger partial charge in [-0.3, -0.25) is 0 Å². The Morgan fingerprint density at radius 2 is 1.70 bits per heavy atom. The van der Waals surface area contributed by atoms with Crippen LogP contribution >= 0.6 is 0 Å². The Balaban J connectivity index is 2.32. The predicted octanol–water partition coefficient (Wildman–Crippen LogP) is 2.79. The first-order valence-corrected chi connectivity index (χ1v) is 9.35. The van der Waals surface area contributed by atoms with E-state index in [0.29, 0.717) is 31.0 Å². The minimum Gasteiger partial charge on any atom is -0.330 e. The van der Waals surface area contributed by atoms with E-state index in [0.717, 1.165) is 17.5 Å². The van der Waals surface area contributed by atoms with Gasteiger partial charge in [-0.25, -0.2) is 8.42 Å². The summed E-state index contributed by atoms with van der Waals surface area (Å²) in [5.74, 6) is 0. The molecule has 0 aliphatic carbocycles. The summed E-state index contributed by atoms with van der Waals surface area (Å²) >= 11 is 0. The SMILES string of the molecule is CCc1cccc(S(=O)(=O)N(CCCN)Cc2ccccc2)c1. The number of rotatable bonds is 8. The topological polar surface area (TPSA) is 63.4 Å². The maximum atomic E-state index is 13.0. The smallest absolute Gasteiger partial charge is 0.243 e. The van der Waals surface area contributed by atoms with Crippen molar-refractivity contribution >= 4 is 10.0 Å². The van der Waals surface area contributed by atoms with Crippen LogP contribution in [0.4, 0.5) is 0 Å². The average Bonchev–Trinajstić information content (AvgIpc) is 2.59. The van der Waals surface area contributed by atoms with Gasteiger partial charge in [-0.15, -0.1) is 0 Å². The zero-order valence-electron chi connectivity index (χ0n) is 13.5. The van der Waals surface area contributed by atoms with Crippen molar-refractivity contribution in [3.05, 3.63) is 65.7 Å². The van der Waals surface area contributed by atoms with Crippen LogP contribution < -0.4 is 5.73 Å². The van der Waals surface area contributed by atoms with E-state index in [9.17, 15) is 8.42 Å². The van der Waals surface area contributed by atoms with Crippen molar-refractivity contribution in [3.8, 4) is 0 Å². The molecule has 0 aliphatic rings. The standard InChI is InChI=1S/C18H24N2O2S/c1-2-16-10-6-11-18(14-16)23(21,22)20(13-7-12-19)15-17-8-4-3-5-9-17/h3-6,8-11,14H,2,7,12-13,15,19H2,1H3. The van der Waals surface area contributed by atoms with Gasteiger partial charge in [-0.1, -0.05) is 49.4 Å². The molecule has 2 aromatic carbocycles. The molecule has 124 valence electrons. The molecule has 0 saturated heterocycles. The number of hydrogen-bond donors (Lipinski definition) is 1. The number of sulfonamides is 1. The summed E-state index contributed by atoms with van der Waals surface area (Å²) in [6, 6.07) is 16.8. The van der Waals surface area contributed by atoms with Crippen LogP contribution in [0, 0.1) is 0 Å². The minimum atomic E-state index is -3.53. The van der Waals surface area contributed by atoms with Gasteiger partial charge < -0.3 is 5.73 Å². The molecular formula is C18H24N2O2S. The zero-order chi connectivity index (χ0) is 16.7. The van der Waals surface area contributed by atoms with Crippen molar-refractivity contribution in [2.45, 2.75) is 31.2 Å². The third-order valence-electron chi connectivity index (χ3n) is 3.76. The van der Waals surface area contributed by atoms with E-state index in [4.69, 9.17) is 5.73 Å². The van der Waals surface area contributed by atoms with E-state index in [1.54, 1.807) is 18.2 Å². The van der Waals surface area contributed by atoms with Crippen LogP contribution in [-0.4, -0.2) is 25.8 Å². The van der Waals surface area contributed by atoms with E-state index in [2.05, 4.69) is 0 Å². The number of hydrogen-bond acceptors (Lipinski definition) is 3. The molecule has 0 saturated carbocycles. The first kappa shape index (κ1) is 17.7. The van der Waals surface area contributed by atoms with Gasteiger partial charge in [0.25, 0.3) is 0 Å². The molecule has 5 heteroatoms. The van der Waals surface area contributed by atoms with Gasteiger partial charge in [0.2, 0.25) is 10.0 Å². The third kappa shape index (κ3) is 4.64. The molecule has 0 bridgehead atoms. The van der Waals surface area contributed by atoms with E-state index in [1.165, 1.54) is 4.31 Å². The molecule has 4 nitrogen and oxygen atoms in total. The van der Waals surface area contributed by atoms with Crippen molar-refractivity contribution in [2.24, 2.45) is 5.73 Å². The average molecular weight is 332 g/mol. The Kier molecular flexibility index (Phi) is 6.33. The summed E-state index contributed by atoms with van der Waals surface area (Å²) in [5.41, 5.74) is 7.57. The molecule has 0 fully saturated rings. The lowest BCUT2D eigenvalue weighted by atomic mass is 10.2. The van der Waals surface area contributed by atoms with Crippen molar-refractivity contribution in [1.29, 1.82) is 0 Å². The molecule has 0 radical (unpaired) electrons. The Bertz CT molecular complexity index is 715.